The highest BCUT2D eigenvalue weighted by Crippen LogP contribution is 2.28. The third-order valence-electron chi connectivity index (χ3n) is 3.21. The normalized spacial score (nSPS) is 23.8. The van der Waals surface area contributed by atoms with E-state index in [1.807, 2.05) is 7.05 Å². The summed E-state index contributed by atoms with van der Waals surface area (Å²) in [5.41, 5.74) is 6.96. The number of hydrogen-bond donors (Lipinski definition) is 2. The molecule has 0 aliphatic heterocycles. The number of benzene rings is 1. The van der Waals surface area contributed by atoms with E-state index in [0.29, 0.717) is 18.2 Å². The average Bonchev–Trinajstić information content (AvgIpc) is 2.13. The second kappa shape index (κ2) is 5.02. The second-order valence-corrected chi connectivity index (χ2v) is 5.08. The van der Waals surface area contributed by atoms with Crippen LogP contribution in [0.5, 0.6) is 0 Å². The summed E-state index contributed by atoms with van der Waals surface area (Å²) in [7, 11) is 2.01. The molecule has 0 radical (unpaired) electrons. The predicted molar refractivity (Wildman–Crippen MR) is 65.9 cm³/mol. The Kier molecular flexibility index (Phi) is 3.64. The standard InChI is InChI=1S/C13H19FN2O/c1-16(8-10-4-13(17)5-10)7-9-2-11(14)6-12(15)3-9/h2-3,6,10,13,17H,4-5,7-8,15H2,1H3. The number of rotatable bonds is 4. The number of aliphatic hydroxyl groups is 1. The van der Waals surface area contributed by atoms with E-state index in [1.165, 1.54) is 12.1 Å². The van der Waals surface area contributed by atoms with Crippen LogP contribution in [0.1, 0.15) is 18.4 Å². The zero-order valence-corrected chi connectivity index (χ0v) is 10.1. The lowest BCUT2D eigenvalue weighted by atomic mass is 9.82. The Hall–Kier alpha value is -1.13. The Balaban J connectivity index is 1.86. The minimum atomic E-state index is -0.285. The number of halogens is 1. The van der Waals surface area contributed by atoms with Gasteiger partial charge in [-0.15, -0.1) is 0 Å². The lowest BCUT2D eigenvalue weighted by molar-refractivity contribution is 0.0274. The minimum absolute atomic E-state index is 0.113. The summed E-state index contributed by atoms with van der Waals surface area (Å²) in [6.07, 6.45) is 1.66. The molecule has 1 fully saturated rings. The molecule has 3 nitrogen and oxygen atoms in total. The Morgan fingerprint density at radius 3 is 2.71 bits per heavy atom. The largest absolute Gasteiger partial charge is 0.399 e. The van der Waals surface area contributed by atoms with Gasteiger partial charge in [-0.2, -0.15) is 0 Å². The van der Waals surface area contributed by atoms with Gasteiger partial charge in [0, 0.05) is 18.8 Å². The fourth-order valence-electron chi connectivity index (χ4n) is 2.43. The third kappa shape index (κ3) is 3.41. The molecule has 0 heterocycles. The topological polar surface area (TPSA) is 49.5 Å². The van der Waals surface area contributed by atoms with Gasteiger partial charge >= 0.3 is 0 Å². The molecular weight excluding hydrogens is 219 g/mol. The zero-order chi connectivity index (χ0) is 12.4. The van der Waals surface area contributed by atoms with Crippen molar-refractivity contribution in [1.82, 2.24) is 4.90 Å². The van der Waals surface area contributed by atoms with Crippen molar-refractivity contribution in [2.45, 2.75) is 25.5 Å². The predicted octanol–water partition coefficient (Wildman–Crippen LogP) is 1.61. The monoisotopic (exact) mass is 238 g/mol. The first-order valence-electron chi connectivity index (χ1n) is 5.94. The first-order valence-corrected chi connectivity index (χ1v) is 5.94. The number of hydrogen-bond acceptors (Lipinski definition) is 3. The summed E-state index contributed by atoms with van der Waals surface area (Å²) in [4.78, 5) is 2.14. The van der Waals surface area contributed by atoms with Crippen molar-refractivity contribution < 1.29 is 9.50 Å². The highest BCUT2D eigenvalue weighted by atomic mass is 19.1. The van der Waals surface area contributed by atoms with E-state index in [-0.39, 0.29) is 11.9 Å². The average molecular weight is 238 g/mol. The van der Waals surface area contributed by atoms with Gasteiger partial charge in [0.15, 0.2) is 0 Å². The maximum Gasteiger partial charge on any atom is 0.125 e. The summed E-state index contributed by atoms with van der Waals surface area (Å²) in [6.45, 7) is 1.63. The lowest BCUT2D eigenvalue weighted by Crippen LogP contribution is -2.36. The van der Waals surface area contributed by atoms with Gasteiger partial charge in [-0.25, -0.2) is 4.39 Å². The molecule has 1 aliphatic carbocycles. The Bertz CT molecular complexity index is 371. The molecule has 0 spiro atoms. The van der Waals surface area contributed by atoms with Gasteiger partial charge < -0.3 is 15.7 Å². The summed E-state index contributed by atoms with van der Waals surface area (Å²) in [6, 6.07) is 4.64. The van der Waals surface area contributed by atoms with Gasteiger partial charge in [-0.1, -0.05) is 0 Å². The quantitative estimate of drug-likeness (QED) is 0.783. The number of nitrogens with zero attached hydrogens (tertiary/aromatic N) is 1. The summed E-state index contributed by atoms with van der Waals surface area (Å²) >= 11 is 0. The van der Waals surface area contributed by atoms with E-state index >= 15 is 0 Å². The number of anilines is 1. The highest BCUT2D eigenvalue weighted by molar-refractivity contribution is 5.41. The van der Waals surface area contributed by atoms with E-state index in [9.17, 15) is 9.50 Å². The Morgan fingerprint density at radius 2 is 2.12 bits per heavy atom. The van der Waals surface area contributed by atoms with Crippen LogP contribution < -0.4 is 5.73 Å². The van der Waals surface area contributed by atoms with Crippen molar-refractivity contribution in [3.63, 3.8) is 0 Å². The Labute approximate surface area is 101 Å². The number of nitrogen functional groups attached to an aromatic ring is 1. The molecule has 1 aromatic rings. The van der Waals surface area contributed by atoms with Crippen LogP contribution in [0.4, 0.5) is 10.1 Å². The molecule has 0 bridgehead atoms. The van der Waals surface area contributed by atoms with Crippen LogP contribution in [0.3, 0.4) is 0 Å². The molecule has 0 saturated heterocycles. The second-order valence-electron chi connectivity index (χ2n) is 5.08. The summed E-state index contributed by atoms with van der Waals surface area (Å²) in [5, 5.41) is 9.21. The van der Waals surface area contributed by atoms with Crippen LogP contribution in [0.25, 0.3) is 0 Å². The maximum absolute atomic E-state index is 13.1. The van der Waals surface area contributed by atoms with Gasteiger partial charge in [0.25, 0.3) is 0 Å². The van der Waals surface area contributed by atoms with Crippen LogP contribution in [-0.2, 0) is 6.54 Å². The van der Waals surface area contributed by atoms with Crippen LogP contribution in [0.15, 0.2) is 18.2 Å². The molecule has 17 heavy (non-hydrogen) atoms. The fourth-order valence-corrected chi connectivity index (χ4v) is 2.43. The molecule has 1 aliphatic rings. The Morgan fingerprint density at radius 1 is 1.41 bits per heavy atom. The molecular formula is C13H19FN2O. The van der Waals surface area contributed by atoms with Crippen molar-refractivity contribution in [3.05, 3.63) is 29.6 Å². The molecule has 3 N–H and O–H groups in total. The van der Waals surface area contributed by atoms with Gasteiger partial charge in [0.1, 0.15) is 5.82 Å². The number of aliphatic hydroxyl groups excluding tert-OH is 1. The van der Waals surface area contributed by atoms with E-state index in [1.54, 1.807) is 6.07 Å². The van der Waals surface area contributed by atoms with E-state index < -0.39 is 0 Å². The first kappa shape index (κ1) is 12.3. The zero-order valence-electron chi connectivity index (χ0n) is 10.1. The molecule has 1 aromatic carbocycles. The van der Waals surface area contributed by atoms with Crippen LogP contribution >= 0.6 is 0 Å². The third-order valence-corrected chi connectivity index (χ3v) is 3.21. The smallest absolute Gasteiger partial charge is 0.125 e. The van der Waals surface area contributed by atoms with Crippen LogP contribution in [0, 0.1) is 11.7 Å². The van der Waals surface area contributed by atoms with Gasteiger partial charge in [-0.05, 0) is 49.6 Å². The van der Waals surface area contributed by atoms with Crippen LogP contribution in [0.2, 0.25) is 0 Å². The fraction of sp³-hybridized carbons (Fsp3) is 0.538. The van der Waals surface area contributed by atoms with Crippen LogP contribution in [-0.4, -0.2) is 29.7 Å². The molecule has 2 rings (SSSR count). The van der Waals surface area contributed by atoms with Gasteiger partial charge in [-0.3, -0.25) is 0 Å². The summed E-state index contributed by atoms with van der Waals surface area (Å²) < 4.78 is 13.1. The molecule has 0 aromatic heterocycles. The van der Waals surface area contributed by atoms with E-state index in [0.717, 1.165) is 24.9 Å². The molecule has 4 heteroatoms. The lowest BCUT2D eigenvalue weighted by Gasteiger charge is -2.34. The van der Waals surface area contributed by atoms with Crippen molar-refractivity contribution in [2.75, 3.05) is 19.3 Å². The first-order chi connectivity index (χ1) is 8.02. The molecule has 0 atom stereocenters. The van der Waals surface area contributed by atoms with Crippen molar-refractivity contribution in [3.8, 4) is 0 Å². The molecule has 1 saturated carbocycles. The van der Waals surface area contributed by atoms with Crippen molar-refractivity contribution in [2.24, 2.45) is 5.92 Å². The molecule has 0 amide bonds. The molecule has 94 valence electrons. The minimum Gasteiger partial charge on any atom is -0.399 e. The van der Waals surface area contributed by atoms with E-state index in [2.05, 4.69) is 4.90 Å². The van der Waals surface area contributed by atoms with E-state index in [4.69, 9.17) is 5.73 Å². The van der Waals surface area contributed by atoms with Crippen molar-refractivity contribution in [1.29, 1.82) is 0 Å². The highest BCUT2D eigenvalue weighted by Gasteiger charge is 2.27. The van der Waals surface area contributed by atoms with Crippen molar-refractivity contribution >= 4 is 5.69 Å². The van der Waals surface area contributed by atoms with Gasteiger partial charge in [0.2, 0.25) is 0 Å². The number of nitrogens with two attached hydrogens (primary N) is 1. The molecule has 0 unspecified atom stereocenters. The SMILES string of the molecule is CN(Cc1cc(N)cc(F)c1)CC1CC(O)C1. The van der Waals surface area contributed by atoms with Gasteiger partial charge in [0.05, 0.1) is 6.10 Å². The maximum atomic E-state index is 13.1. The summed E-state index contributed by atoms with van der Waals surface area (Å²) in [5.74, 6) is 0.286.